The van der Waals surface area contributed by atoms with Crippen molar-refractivity contribution in [1.82, 2.24) is 0 Å². The fourth-order valence-electron chi connectivity index (χ4n) is 2.46. The third kappa shape index (κ3) is 2.52. The van der Waals surface area contributed by atoms with Crippen molar-refractivity contribution in [3.05, 3.63) is 59.7 Å². The second kappa shape index (κ2) is 5.37. The van der Waals surface area contributed by atoms with E-state index in [1.165, 1.54) is 11.1 Å². The number of rotatable bonds is 2. The van der Waals surface area contributed by atoms with Gasteiger partial charge in [0.1, 0.15) is 5.84 Å². The molecular formula is C17H19N3. The summed E-state index contributed by atoms with van der Waals surface area (Å²) in [6, 6.07) is 16.6. The van der Waals surface area contributed by atoms with E-state index in [2.05, 4.69) is 48.2 Å². The molecule has 0 radical (unpaired) electrons. The maximum Gasteiger partial charge on any atom is 0.135 e. The van der Waals surface area contributed by atoms with Crippen LogP contribution in [-0.2, 0) is 0 Å². The van der Waals surface area contributed by atoms with Gasteiger partial charge in [0.25, 0.3) is 0 Å². The van der Waals surface area contributed by atoms with E-state index in [0.717, 1.165) is 36.7 Å². The molecule has 0 saturated heterocycles. The van der Waals surface area contributed by atoms with Crippen LogP contribution in [0.1, 0.15) is 17.5 Å². The summed E-state index contributed by atoms with van der Waals surface area (Å²) in [6.45, 7) is 4.00. The molecule has 0 fully saturated rings. The molecule has 0 aliphatic carbocycles. The summed E-state index contributed by atoms with van der Waals surface area (Å²) >= 11 is 0. The zero-order chi connectivity index (χ0) is 13.9. The molecule has 102 valence electrons. The van der Waals surface area contributed by atoms with Crippen molar-refractivity contribution in [2.75, 3.05) is 23.7 Å². The van der Waals surface area contributed by atoms with Crippen LogP contribution >= 0.6 is 0 Å². The molecule has 0 aromatic heterocycles. The minimum absolute atomic E-state index is 0.791. The molecule has 0 bridgehead atoms. The molecule has 0 spiro atoms. The van der Waals surface area contributed by atoms with Gasteiger partial charge in [0.15, 0.2) is 0 Å². The first-order valence-electron chi connectivity index (χ1n) is 6.98. The van der Waals surface area contributed by atoms with E-state index in [4.69, 9.17) is 10.7 Å². The monoisotopic (exact) mass is 265 g/mol. The lowest BCUT2D eigenvalue weighted by Gasteiger charge is -2.29. The lowest BCUT2D eigenvalue weighted by atomic mass is 10.1. The van der Waals surface area contributed by atoms with Gasteiger partial charge >= 0.3 is 0 Å². The molecule has 2 aromatic rings. The number of amidine groups is 1. The quantitative estimate of drug-likeness (QED) is 0.847. The zero-order valence-corrected chi connectivity index (χ0v) is 11.7. The van der Waals surface area contributed by atoms with Gasteiger partial charge in [0, 0.05) is 30.0 Å². The lowest BCUT2D eigenvalue weighted by molar-refractivity contribution is 0.790. The molecule has 1 aliphatic heterocycles. The van der Waals surface area contributed by atoms with Crippen LogP contribution in [0, 0.1) is 6.92 Å². The van der Waals surface area contributed by atoms with E-state index in [-0.39, 0.29) is 0 Å². The van der Waals surface area contributed by atoms with Crippen molar-refractivity contribution < 1.29 is 0 Å². The molecule has 0 saturated carbocycles. The van der Waals surface area contributed by atoms with E-state index >= 15 is 0 Å². The van der Waals surface area contributed by atoms with E-state index < -0.39 is 0 Å². The van der Waals surface area contributed by atoms with Crippen molar-refractivity contribution in [3.8, 4) is 0 Å². The van der Waals surface area contributed by atoms with Crippen LogP contribution in [0.15, 0.2) is 53.5 Å². The van der Waals surface area contributed by atoms with Gasteiger partial charge in [-0.25, -0.2) is 0 Å². The summed E-state index contributed by atoms with van der Waals surface area (Å²) in [7, 11) is 0. The molecule has 1 heterocycles. The van der Waals surface area contributed by atoms with Gasteiger partial charge in [-0.05, 0) is 37.6 Å². The van der Waals surface area contributed by atoms with Crippen molar-refractivity contribution in [1.29, 1.82) is 0 Å². The third-order valence-electron chi connectivity index (χ3n) is 3.57. The van der Waals surface area contributed by atoms with Crippen molar-refractivity contribution >= 4 is 17.2 Å². The van der Waals surface area contributed by atoms with E-state index in [1.54, 1.807) is 0 Å². The van der Waals surface area contributed by atoms with Gasteiger partial charge in [-0.2, -0.15) is 0 Å². The van der Waals surface area contributed by atoms with E-state index in [9.17, 15) is 0 Å². The molecule has 2 aromatic carbocycles. The SMILES string of the molecule is Cc1ccc(C2=NCCCN2c2ccc(N)cc2)cc1. The number of anilines is 2. The molecule has 0 amide bonds. The normalized spacial score (nSPS) is 15.1. The van der Waals surface area contributed by atoms with Gasteiger partial charge in [-0.15, -0.1) is 0 Å². The summed E-state index contributed by atoms with van der Waals surface area (Å²) in [5.74, 6) is 1.06. The van der Waals surface area contributed by atoms with Crippen LogP contribution < -0.4 is 10.6 Å². The number of aryl methyl sites for hydroxylation is 1. The topological polar surface area (TPSA) is 41.6 Å². The number of benzene rings is 2. The van der Waals surface area contributed by atoms with Gasteiger partial charge in [-0.1, -0.05) is 29.8 Å². The van der Waals surface area contributed by atoms with Crippen molar-refractivity contribution in [3.63, 3.8) is 0 Å². The Labute approximate surface area is 119 Å². The van der Waals surface area contributed by atoms with E-state index in [0.29, 0.717) is 0 Å². The highest BCUT2D eigenvalue weighted by molar-refractivity contribution is 6.10. The Hall–Kier alpha value is -2.29. The Morgan fingerprint density at radius 3 is 2.40 bits per heavy atom. The second-order valence-corrected chi connectivity index (χ2v) is 5.17. The van der Waals surface area contributed by atoms with Gasteiger partial charge in [0.05, 0.1) is 0 Å². The minimum atomic E-state index is 0.791. The Balaban J connectivity index is 1.97. The first-order chi connectivity index (χ1) is 9.74. The van der Waals surface area contributed by atoms with Crippen LogP contribution in [0.2, 0.25) is 0 Å². The maximum absolute atomic E-state index is 5.77. The Morgan fingerprint density at radius 1 is 1.00 bits per heavy atom. The van der Waals surface area contributed by atoms with Crippen LogP contribution in [0.3, 0.4) is 0 Å². The van der Waals surface area contributed by atoms with Crippen molar-refractivity contribution in [2.45, 2.75) is 13.3 Å². The molecule has 3 rings (SSSR count). The molecule has 3 heteroatoms. The first-order valence-corrected chi connectivity index (χ1v) is 6.98. The average molecular weight is 265 g/mol. The summed E-state index contributed by atoms with van der Waals surface area (Å²) < 4.78 is 0. The molecule has 1 aliphatic rings. The second-order valence-electron chi connectivity index (χ2n) is 5.17. The lowest BCUT2D eigenvalue weighted by Crippen LogP contribution is -2.36. The van der Waals surface area contributed by atoms with Crippen LogP contribution in [0.25, 0.3) is 0 Å². The van der Waals surface area contributed by atoms with Gasteiger partial charge in [-0.3, -0.25) is 4.99 Å². The molecule has 3 nitrogen and oxygen atoms in total. The standard InChI is InChI=1S/C17H19N3/c1-13-3-5-14(6-4-13)17-19-11-2-12-20(17)16-9-7-15(18)8-10-16/h3-10H,2,11-12,18H2,1H3. The number of nitrogen functional groups attached to an aromatic ring is 1. The summed E-state index contributed by atoms with van der Waals surface area (Å²) in [5, 5.41) is 0. The fraction of sp³-hybridized carbons (Fsp3) is 0.235. The number of nitrogens with two attached hydrogens (primary N) is 1. The zero-order valence-electron chi connectivity index (χ0n) is 11.7. The number of nitrogens with zero attached hydrogens (tertiary/aromatic N) is 2. The minimum Gasteiger partial charge on any atom is -0.399 e. The smallest absolute Gasteiger partial charge is 0.135 e. The predicted octanol–water partition coefficient (Wildman–Crippen LogP) is 3.23. The molecule has 0 atom stereocenters. The number of hydrogen-bond acceptors (Lipinski definition) is 3. The highest BCUT2D eigenvalue weighted by Gasteiger charge is 2.18. The Bertz CT molecular complexity index is 612. The summed E-state index contributed by atoms with van der Waals surface area (Å²) in [5.41, 5.74) is 10.2. The third-order valence-corrected chi connectivity index (χ3v) is 3.57. The molecule has 0 unspecified atom stereocenters. The van der Waals surface area contributed by atoms with Crippen LogP contribution in [0.5, 0.6) is 0 Å². The highest BCUT2D eigenvalue weighted by atomic mass is 15.2. The van der Waals surface area contributed by atoms with Crippen LogP contribution in [0.4, 0.5) is 11.4 Å². The Kier molecular flexibility index (Phi) is 3.42. The molecule has 20 heavy (non-hydrogen) atoms. The van der Waals surface area contributed by atoms with Gasteiger partial charge in [0.2, 0.25) is 0 Å². The average Bonchev–Trinajstić information content (AvgIpc) is 2.49. The van der Waals surface area contributed by atoms with Gasteiger partial charge < -0.3 is 10.6 Å². The molecular weight excluding hydrogens is 246 g/mol. The largest absolute Gasteiger partial charge is 0.399 e. The summed E-state index contributed by atoms with van der Waals surface area (Å²) in [4.78, 5) is 6.99. The fourth-order valence-corrected chi connectivity index (χ4v) is 2.46. The first kappa shape index (κ1) is 12.7. The number of hydrogen-bond donors (Lipinski definition) is 1. The molecule has 2 N–H and O–H groups in total. The van der Waals surface area contributed by atoms with E-state index in [1.807, 2.05) is 12.1 Å². The van der Waals surface area contributed by atoms with Crippen LogP contribution in [-0.4, -0.2) is 18.9 Å². The highest BCUT2D eigenvalue weighted by Crippen LogP contribution is 2.22. The predicted molar refractivity (Wildman–Crippen MR) is 85.4 cm³/mol. The maximum atomic E-state index is 5.77. The summed E-state index contributed by atoms with van der Waals surface area (Å²) in [6.07, 6.45) is 1.08. The Morgan fingerprint density at radius 2 is 1.70 bits per heavy atom. The van der Waals surface area contributed by atoms with Crippen molar-refractivity contribution in [2.24, 2.45) is 4.99 Å². The number of aliphatic imine (C=N–C) groups is 1.